The van der Waals surface area contributed by atoms with Gasteiger partial charge in [-0.25, -0.2) is 14.4 Å². The maximum Gasteiger partial charge on any atom is 0.326 e. The van der Waals surface area contributed by atoms with E-state index >= 15 is 0 Å². The summed E-state index contributed by atoms with van der Waals surface area (Å²) < 4.78 is 0. The fourth-order valence-electron chi connectivity index (χ4n) is 2.93. The molecule has 0 bridgehead atoms. The van der Waals surface area contributed by atoms with Crippen LogP contribution in [0.2, 0.25) is 0 Å². The van der Waals surface area contributed by atoms with Crippen LogP contribution in [0.25, 0.3) is 0 Å². The summed E-state index contributed by atoms with van der Waals surface area (Å²) in [7, 11) is 0. The normalized spacial score (nSPS) is 12.4. The molecule has 0 radical (unpaired) electrons. The summed E-state index contributed by atoms with van der Waals surface area (Å²) in [5.41, 5.74) is 2.25. The van der Waals surface area contributed by atoms with E-state index in [1.165, 1.54) is 0 Å². The molecule has 0 fully saturated rings. The van der Waals surface area contributed by atoms with Crippen LogP contribution < -0.4 is 10.6 Å². The minimum atomic E-state index is -1.48. The van der Waals surface area contributed by atoms with Crippen LogP contribution in [0.5, 0.6) is 0 Å². The molecular formula is C21H28N2O8. The average molecular weight is 436 g/mol. The zero-order valence-corrected chi connectivity index (χ0v) is 17.3. The third kappa shape index (κ3) is 10.8. The van der Waals surface area contributed by atoms with Gasteiger partial charge in [-0.3, -0.25) is 9.59 Å². The second-order valence-electron chi connectivity index (χ2n) is 7.25. The van der Waals surface area contributed by atoms with Crippen LogP contribution in [-0.4, -0.2) is 57.1 Å². The summed E-state index contributed by atoms with van der Waals surface area (Å²) in [5, 5.41) is 31.1. The van der Waals surface area contributed by atoms with Crippen molar-refractivity contribution < 1.29 is 39.3 Å². The Morgan fingerprint density at radius 3 is 1.97 bits per heavy atom. The van der Waals surface area contributed by atoms with Gasteiger partial charge in [0, 0.05) is 19.3 Å². The van der Waals surface area contributed by atoms with Crippen molar-refractivity contribution in [3.8, 4) is 0 Å². The molecule has 0 heterocycles. The van der Waals surface area contributed by atoms with Gasteiger partial charge in [0.25, 0.3) is 0 Å². The molecular weight excluding hydrogens is 408 g/mol. The van der Waals surface area contributed by atoms with Gasteiger partial charge in [-0.2, -0.15) is 0 Å². The Bertz CT molecular complexity index is 808. The van der Waals surface area contributed by atoms with Gasteiger partial charge >= 0.3 is 23.9 Å². The molecule has 2 amide bonds. The van der Waals surface area contributed by atoms with Crippen LogP contribution in [0.3, 0.4) is 0 Å². The van der Waals surface area contributed by atoms with E-state index in [-0.39, 0.29) is 31.5 Å². The third-order valence-corrected chi connectivity index (χ3v) is 4.57. The predicted molar refractivity (Wildman–Crippen MR) is 110 cm³/mol. The summed E-state index contributed by atoms with van der Waals surface area (Å²) in [5.74, 6) is -4.16. The number of benzene rings is 1. The average Bonchev–Trinajstić information content (AvgIpc) is 2.67. The highest BCUT2D eigenvalue weighted by atomic mass is 16.4. The number of carbonyl (C=O) groups is 5. The second kappa shape index (κ2) is 13.0. The number of hydrogen-bond acceptors (Lipinski definition) is 5. The quantitative estimate of drug-likeness (QED) is 0.293. The smallest absolute Gasteiger partial charge is 0.326 e. The van der Waals surface area contributed by atoms with Gasteiger partial charge in [-0.1, -0.05) is 29.8 Å². The van der Waals surface area contributed by atoms with Crippen molar-refractivity contribution in [2.45, 2.75) is 64.0 Å². The molecule has 1 rings (SSSR count). The number of amides is 2. The highest BCUT2D eigenvalue weighted by Crippen LogP contribution is 2.10. The van der Waals surface area contributed by atoms with Crippen molar-refractivity contribution in [2.75, 3.05) is 0 Å². The fraction of sp³-hybridized carbons (Fsp3) is 0.476. The van der Waals surface area contributed by atoms with E-state index in [9.17, 15) is 29.1 Å². The molecule has 2 atom stereocenters. The Hall–Kier alpha value is -3.43. The molecule has 0 aliphatic rings. The Kier molecular flexibility index (Phi) is 10.7. The first-order valence-electron chi connectivity index (χ1n) is 9.90. The largest absolute Gasteiger partial charge is 0.481 e. The maximum absolute atomic E-state index is 12.1. The van der Waals surface area contributed by atoms with Gasteiger partial charge in [0.05, 0.1) is 0 Å². The SMILES string of the molecule is Cc1cccc(CCCC(=O)CC[C@H](NC(=O)N[C@@H](CCC(=O)O)C(=O)O)C(=O)O)c1. The molecule has 0 aliphatic heterocycles. The van der Waals surface area contributed by atoms with Crippen molar-refractivity contribution in [3.63, 3.8) is 0 Å². The molecule has 170 valence electrons. The molecule has 5 N–H and O–H groups in total. The van der Waals surface area contributed by atoms with Crippen LogP contribution in [0, 0.1) is 6.92 Å². The molecule has 0 aliphatic carbocycles. The van der Waals surface area contributed by atoms with E-state index in [1.807, 2.05) is 36.5 Å². The first-order valence-corrected chi connectivity index (χ1v) is 9.90. The molecule has 1 aromatic carbocycles. The topological polar surface area (TPSA) is 170 Å². The van der Waals surface area contributed by atoms with Gasteiger partial charge in [-0.15, -0.1) is 0 Å². The van der Waals surface area contributed by atoms with Crippen LogP contribution in [0.15, 0.2) is 24.3 Å². The molecule has 0 saturated heterocycles. The number of nitrogens with one attached hydrogen (secondary N) is 2. The minimum absolute atomic E-state index is 0.0492. The highest BCUT2D eigenvalue weighted by molar-refractivity contribution is 5.87. The van der Waals surface area contributed by atoms with Crippen molar-refractivity contribution in [3.05, 3.63) is 35.4 Å². The number of rotatable bonds is 14. The van der Waals surface area contributed by atoms with Crippen LogP contribution in [0.4, 0.5) is 4.79 Å². The van der Waals surface area contributed by atoms with E-state index in [4.69, 9.17) is 10.2 Å². The van der Waals surface area contributed by atoms with Crippen LogP contribution >= 0.6 is 0 Å². The number of urea groups is 1. The number of Topliss-reactive ketones (excluding diaryl/α,β-unsaturated/α-hetero) is 1. The van der Waals surface area contributed by atoms with Crippen molar-refractivity contribution in [1.29, 1.82) is 0 Å². The third-order valence-electron chi connectivity index (χ3n) is 4.57. The first-order chi connectivity index (χ1) is 14.6. The zero-order valence-electron chi connectivity index (χ0n) is 17.3. The number of aliphatic carboxylic acids is 3. The Morgan fingerprint density at radius 1 is 0.871 bits per heavy atom. The standard InChI is InChI=1S/C21H28N2O8/c1-13-4-2-5-14(12-13)6-3-7-15(24)8-9-16(19(27)28)22-21(31)23-17(20(29)30)10-11-18(25)26/h2,4-5,12,16-17H,3,6-11H2,1H3,(H,25,26)(H,27,28)(H,29,30)(H2,22,23,31)/t16-,17-/m0/s1. The molecule has 0 saturated carbocycles. The fourth-order valence-corrected chi connectivity index (χ4v) is 2.93. The summed E-state index contributed by atoms with van der Waals surface area (Å²) in [6, 6.07) is 4.02. The van der Waals surface area contributed by atoms with Gasteiger partial charge in [-0.05, 0) is 38.2 Å². The van der Waals surface area contributed by atoms with E-state index in [0.29, 0.717) is 6.42 Å². The van der Waals surface area contributed by atoms with Crippen molar-refractivity contribution >= 4 is 29.7 Å². The highest BCUT2D eigenvalue weighted by Gasteiger charge is 2.25. The number of carbonyl (C=O) groups excluding carboxylic acids is 2. The predicted octanol–water partition coefficient (Wildman–Crippen LogP) is 1.74. The Labute approximate surface area is 179 Å². The maximum atomic E-state index is 12.1. The number of aryl methyl sites for hydroxylation is 2. The van der Waals surface area contributed by atoms with Crippen LogP contribution in [-0.2, 0) is 25.6 Å². The summed E-state index contributed by atoms with van der Waals surface area (Å²) in [6.07, 6.45) is 0.612. The van der Waals surface area contributed by atoms with E-state index in [1.54, 1.807) is 0 Å². The lowest BCUT2D eigenvalue weighted by Gasteiger charge is -2.18. The Morgan fingerprint density at radius 2 is 1.45 bits per heavy atom. The lowest BCUT2D eigenvalue weighted by Crippen LogP contribution is -2.51. The Balaban J connectivity index is 2.45. The number of hydrogen-bond donors (Lipinski definition) is 5. The zero-order chi connectivity index (χ0) is 23.4. The molecule has 1 aromatic rings. The first kappa shape index (κ1) is 25.6. The van der Waals surface area contributed by atoms with Gasteiger partial charge < -0.3 is 26.0 Å². The molecule has 10 heteroatoms. The summed E-state index contributed by atoms with van der Waals surface area (Å²) >= 11 is 0. The summed E-state index contributed by atoms with van der Waals surface area (Å²) in [4.78, 5) is 57.1. The summed E-state index contributed by atoms with van der Waals surface area (Å²) in [6.45, 7) is 1.98. The molecule has 0 unspecified atom stereocenters. The number of carboxylic acids is 3. The van der Waals surface area contributed by atoms with Gasteiger partial charge in [0.2, 0.25) is 0 Å². The second-order valence-corrected chi connectivity index (χ2v) is 7.25. The monoisotopic (exact) mass is 436 g/mol. The number of carboxylic acid groups (broad SMARTS) is 3. The van der Waals surface area contributed by atoms with Crippen LogP contribution in [0.1, 0.15) is 49.7 Å². The van der Waals surface area contributed by atoms with Gasteiger partial charge in [0.1, 0.15) is 17.9 Å². The lowest BCUT2D eigenvalue weighted by atomic mass is 10.0. The molecule has 0 aromatic heterocycles. The van der Waals surface area contributed by atoms with E-state index in [0.717, 1.165) is 17.5 Å². The van der Waals surface area contributed by atoms with Crippen molar-refractivity contribution in [1.82, 2.24) is 10.6 Å². The lowest BCUT2D eigenvalue weighted by molar-refractivity contribution is -0.141. The molecule has 10 nitrogen and oxygen atoms in total. The van der Waals surface area contributed by atoms with E-state index in [2.05, 4.69) is 5.32 Å². The molecule has 31 heavy (non-hydrogen) atoms. The van der Waals surface area contributed by atoms with Crippen molar-refractivity contribution in [2.24, 2.45) is 0 Å². The minimum Gasteiger partial charge on any atom is -0.481 e. The number of ketones is 1. The van der Waals surface area contributed by atoms with E-state index < -0.39 is 42.4 Å². The van der Waals surface area contributed by atoms with Gasteiger partial charge in [0.15, 0.2) is 0 Å². The molecule has 0 spiro atoms.